The number of hydrogen-bond acceptors (Lipinski definition) is 10. The van der Waals surface area contributed by atoms with Crippen molar-refractivity contribution < 1.29 is 27.4 Å². The number of hydrogen-bond donors (Lipinski definition) is 3. The number of fused-ring (bicyclic) bond motifs is 2. The Labute approximate surface area is 239 Å². The van der Waals surface area contributed by atoms with E-state index in [2.05, 4.69) is 46.4 Å². The van der Waals surface area contributed by atoms with Crippen LogP contribution in [-0.4, -0.2) is 76.1 Å². The molecular formula is C27H37N7O6S. The highest BCUT2D eigenvalue weighted by Crippen LogP contribution is 2.44. The van der Waals surface area contributed by atoms with E-state index in [1.807, 2.05) is 24.3 Å². The summed E-state index contributed by atoms with van der Waals surface area (Å²) >= 11 is 0. The molecule has 0 saturated carbocycles. The molecule has 2 aromatic heterocycles. The molecule has 2 saturated heterocycles. The van der Waals surface area contributed by atoms with Crippen molar-refractivity contribution in [1.82, 2.24) is 24.8 Å². The van der Waals surface area contributed by atoms with Gasteiger partial charge in [0.15, 0.2) is 33.3 Å². The van der Waals surface area contributed by atoms with Crippen molar-refractivity contribution in [1.29, 1.82) is 0 Å². The molecule has 3 aromatic rings. The Morgan fingerprint density at radius 1 is 1.10 bits per heavy atom. The summed E-state index contributed by atoms with van der Waals surface area (Å²) in [5.74, 6) is -1.08. The second kappa shape index (κ2) is 10.8. The van der Waals surface area contributed by atoms with Gasteiger partial charge in [0.25, 0.3) is 0 Å². The Morgan fingerprint density at radius 3 is 2.51 bits per heavy atom. The van der Waals surface area contributed by atoms with E-state index >= 15 is 0 Å². The number of rotatable bonds is 8. The van der Waals surface area contributed by atoms with Crippen molar-refractivity contribution >= 4 is 38.5 Å². The third-order valence-electron chi connectivity index (χ3n) is 7.13. The lowest BCUT2D eigenvalue weighted by atomic mass is 9.87. The number of nitrogens with one attached hydrogen (secondary N) is 2. The molecule has 0 bridgehead atoms. The van der Waals surface area contributed by atoms with Crippen molar-refractivity contribution in [2.45, 2.75) is 76.8 Å². The number of imidazole rings is 1. The molecule has 2 aliphatic heterocycles. The van der Waals surface area contributed by atoms with E-state index in [4.69, 9.17) is 19.9 Å². The lowest BCUT2D eigenvalue weighted by Crippen LogP contribution is -2.36. The Hall–Kier alpha value is -3.33. The number of anilines is 2. The number of carbonyl (C=O) groups excluding carboxylic acids is 1. The molecule has 0 spiro atoms. The second-order valence-corrected chi connectivity index (χ2v) is 14.1. The summed E-state index contributed by atoms with van der Waals surface area (Å²) in [6, 6.07) is 7.24. The van der Waals surface area contributed by atoms with Gasteiger partial charge in [-0.05, 0) is 43.4 Å². The number of carbonyl (C=O) groups is 1. The maximum absolute atomic E-state index is 13.1. The minimum atomic E-state index is -3.56. The first-order valence-corrected chi connectivity index (χ1v) is 15.3. The molecule has 2 aliphatic rings. The van der Waals surface area contributed by atoms with Gasteiger partial charge in [-0.3, -0.25) is 4.57 Å². The molecule has 4 atom stereocenters. The van der Waals surface area contributed by atoms with E-state index in [9.17, 15) is 13.2 Å². The zero-order valence-electron chi connectivity index (χ0n) is 23.8. The van der Waals surface area contributed by atoms with Gasteiger partial charge in [-0.25, -0.2) is 28.2 Å². The summed E-state index contributed by atoms with van der Waals surface area (Å²) in [5, 5.41) is 5.48. The summed E-state index contributed by atoms with van der Waals surface area (Å²) in [5.41, 5.74) is 8.63. The van der Waals surface area contributed by atoms with Gasteiger partial charge in [-0.15, -0.1) is 0 Å². The van der Waals surface area contributed by atoms with Gasteiger partial charge in [0.1, 0.15) is 30.2 Å². The fourth-order valence-electron chi connectivity index (χ4n) is 5.13. The van der Waals surface area contributed by atoms with Crippen molar-refractivity contribution in [2.24, 2.45) is 0 Å². The fraction of sp³-hybridized carbons (Fsp3) is 0.556. The van der Waals surface area contributed by atoms with Crippen LogP contribution in [0.25, 0.3) is 11.2 Å². The van der Waals surface area contributed by atoms with Gasteiger partial charge in [-0.2, -0.15) is 0 Å². The maximum atomic E-state index is 13.1. The predicted octanol–water partition coefficient (Wildman–Crippen LogP) is 2.75. The number of nitrogens with two attached hydrogens (primary N) is 1. The minimum Gasteiger partial charge on any atom is -0.382 e. The minimum absolute atomic E-state index is 0.0160. The van der Waals surface area contributed by atoms with Gasteiger partial charge in [0.2, 0.25) is 0 Å². The molecule has 0 aliphatic carbocycles. The van der Waals surface area contributed by atoms with E-state index < -0.39 is 46.2 Å². The van der Waals surface area contributed by atoms with E-state index in [1.165, 1.54) is 12.7 Å². The van der Waals surface area contributed by atoms with Crippen LogP contribution in [-0.2, 0) is 29.5 Å². The lowest BCUT2D eigenvalue weighted by molar-refractivity contribution is -0.193. The highest BCUT2D eigenvalue weighted by molar-refractivity contribution is 7.91. The van der Waals surface area contributed by atoms with Crippen LogP contribution in [0.3, 0.4) is 0 Å². The molecule has 222 valence electrons. The normalized spacial score (nSPS) is 23.9. The van der Waals surface area contributed by atoms with Gasteiger partial charge in [-0.1, -0.05) is 32.9 Å². The van der Waals surface area contributed by atoms with E-state index in [0.29, 0.717) is 16.9 Å². The van der Waals surface area contributed by atoms with Crippen molar-refractivity contribution in [3.8, 4) is 0 Å². The number of ether oxygens (including phenoxy) is 3. The van der Waals surface area contributed by atoms with E-state index in [0.717, 1.165) is 5.56 Å². The molecule has 4 N–H and O–H groups in total. The third kappa shape index (κ3) is 6.45. The van der Waals surface area contributed by atoms with Crippen LogP contribution < -0.4 is 16.4 Å². The van der Waals surface area contributed by atoms with Gasteiger partial charge < -0.3 is 30.6 Å². The standard InChI is InChI=1S/C27H37N7O6S/c1-26(2,3)16-7-9-17(10-8-16)33-25(35)29-11-6-12-41(36,37)13-18-20-21(40-27(4,5)39-20)24(38-18)34-15-32-19-22(28)30-14-31-23(19)34/h7-10,14-15,18,20-21,24H,6,11-13H2,1-5H3,(H2,28,30,31)(H2,29,33,35)/t18-,20+,21-,24-/m1/s1. The highest BCUT2D eigenvalue weighted by atomic mass is 32.2. The average molecular weight is 588 g/mol. The Balaban J connectivity index is 1.16. The lowest BCUT2D eigenvalue weighted by Gasteiger charge is -2.24. The molecule has 4 heterocycles. The summed E-state index contributed by atoms with van der Waals surface area (Å²) in [6.07, 6.45) is 0.408. The number of nitrogens with zero attached hydrogens (tertiary/aromatic N) is 4. The Bertz CT molecular complexity index is 1520. The summed E-state index contributed by atoms with van der Waals surface area (Å²) < 4.78 is 46.2. The van der Waals surface area contributed by atoms with Gasteiger partial charge in [0, 0.05) is 12.2 Å². The van der Waals surface area contributed by atoms with Crippen molar-refractivity contribution in [2.75, 3.05) is 29.1 Å². The van der Waals surface area contributed by atoms with Gasteiger partial charge in [0.05, 0.1) is 17.8 Å². The first kappa shape index (κ1) is 29.2. The maximum Gasteiger partial charge on any atom is 0.319 e. The van der Waals surface area contributed by atoms with Crippen molar-refractivity contribution in [3.63, 3.8) is 0 Å². The van der Waals surface area contributed by atoms with Gasteiger partial charge >= 0.3 is 6.03 Å². The van der Waals surface area contributed by atoms with E-state index in [-0.39, 0.29) is 35.7 Å². The fourth-order valence-corrected chi connectivity index (χ4v) is 6.65. The van der Waals surface area contributed by atoms with Crippen molar-refractivity contribution in [3.05, 3.63) is 42.5 Å². The molecule has 13 nitrogen and oxygen atoms in total. The zero-order chi connectivity index (χ0) is 29.6. The average Bonchev–Trinajstić information content (AvgIpc) is 3.53. The van der Waals surface area contributed by atoms with Crippen LogP contribution in [0.4, 0.5) is 16.3 Å². The topological polar surface area (TPSA) is 173 Å². The Kier molecular flexibility index (Phi) is 7.70. The molecule has 41 heavy (non-hydrogen) atoms. The number of benzene rings is 1. The number of sulfone groups is 1. The number of nitrogen functional groups attached to an aromatic ring is 1. The quantitative estimate of drug-likeness (QED) is 0.333. The van der Waals surface area contributed by atoms with Crippen LogP contribution in [0, 0.1) is 0 Å². The first-order chi connectivity index (χ1) is 19.2. The smallest absolute Gasteiger partial charge is 0.319 e. The molecule has 5 rings (SSSR count). The van der Waals surface area contributed by atoms with Crippen LogP contribution in [0.15, 0.2) is 36.9 Å². The van der Waals surface area contributed by atoms with Crippen LogP contribution in [0.1, 0.15) is 52.8 Å². The molecule has 1 aromatic carbocycles. The summed E-state index contributed by atoms with van der Waals surface area (Å²) in [4.78, 5) is 24.8. The second-order valence-electron chi connectivity index (χ2n) is 11.9. The molecule has 14 heteroatoms. The predicted molar refractivity (Wildman–Crippen MR) is 153 cm³/mol. The highest BCUT2D eigenvalue weighted by Gasteiger charge is 2.56. The third-order valence-corrected chi connectivity index (χ3v) is 8.88. The first-order valence-electron chi connectivity index (χ1n) is 13.5. The SMILES string of the molecule is CC1(C)O[C@@H]2[C@@H](O1)[C@@H](CS(=O)(=O)CCCNC(=O)Nc1ccc(C(C)(C)C)cc1)O[C@H]2n1cnc2c(N)ncnc21. The summed E-state index contributed by atoms with van der Waals surface area (Å²) in [7, 11) is -3.56. The molecule has 0 unspecified atom stereocenters. The Morgan fingerprint density at radius 2 is 1.80 bits per heavy atom. The molecule has 2 amide bonds. The molecule has 2 fully saturated rings. The summed E-state index contributed by atoms with van der Waals surface area (Å²) in [6.45, 7) is 10.1. The van der Waals surface area contributed by atoms with E-state index in [1.54, 1.807) is 18.4 Å². The monoisotopic (exact) mass is 587 g/mol. The van der Waals surface area contributed by atoms with Crippen LogP contribution in [0.2, 0.25) is 0 Å². The number of urea groups is 1. The van der Waals surface area contributed by atoms with Crippen LogP contribution >= 0.6 is 0 Å². The molecule has 0 radical (unpaired) electrons. The molecular weight excluding hydrogens is 550 g/mol. The zero-order valence-corrected chi connectivity index (χ0v) is 24.6. The van der Waals surface area contributed by atoms with Crippen LogP contribution in [0.5, 0.6) is 0 Å². The number of amides is 2. The number of aromatic nitrogens is 4. The largest absolute Gasteiger partial charge is 0.382 e.